The van der Waals surface area contributed by atoms with E-state index in [0.29, 0.717) is 11.6 Å². The van der Waals surface area contributed by atoms with Gasteiger partial charge < -0.3 is 9.87 Å². The van der Waals surface area contributed by atoms with Gasteiger partial charge in [-0.2, -0.15) is 4.98 Å². The van der Waals surface area contributed by atoms with E-state index in [1.807, 2.05) is 6.92 Å². The smallest absolute Gasteiger partial charge is 0.224 e. The molecular weight excluding hydrogens is 222 g/mol. The lowest BCUT2D eigenvalue weighted by Crippen LogP contribution is -2.08. The molecule has 76 valence electrons. The molecule has 0 radical (unpaired) electrons. The summed E-state index contributed by atoms with van der Waals surface area (Å²) in [6, 6.07) is 0. The SMILES string of the molecule is CCNc1nc(Cl)nc2c1[S+]([O-])CC2. The highest BCUT2D eigenvalue weighted by molar-refractivity contribution is 7.91. The number of nitrogens with zero attached hydrogens (tertiary/aromatic N) is 2. The number of anilines is 1. The van der Waals surface area contributed by atoms with E-state index in [1.54, 1.807) is 0 Å². The normalized spacial score (nSPS) is 19.5. The first-order valence-corrected chi connectivity index (χ1v) is 6.10. The summed E-state index contributed by atoms with van der Waals surface area (Å²) in [5.41, 5.74) is 0.819. The first-order valence-electron chi connectivity index (χ1n) is 4.41. The van der Waals surface area contributed by atoms with Crippen LogP contribution >= 0.6 is 11.6 Å². The van der Waals surface area contributed by atoms with Gasteiger partial charge in [0.25, 0.3) is 0 Å². The molecule has 2 rings (SSSR count). The van der Waals surface area contributed by atoms with E-state index in [2.05, 4.69) is 15.3 Å². The minimum atomic E-state index is -0.965. The standard InChI is InChI=1S/C8H10ClN3OS/c1-2-10-7-6-5(3-4-14(6)13)11-8(9)12-7/h2-4H2,1H3,(H,10,11,12). The third-order valence-electron chi connectivity index (χ3n) is 2.00. The number of hydrogen-bond donors (Lipinski definition) is 1. The van der Waals surface area contributed by atoms with Crippen LogP contribution in [-0.2, 0) is 17.6 Å². The van der Waals surface area contributed by atoms with Crippen molar-refractivity contribution in [2.24, 2.45) is 0 Å². The minimum absolute atomic E-state index is 0.221. The van der Waals surface area contributed by atoms with Crippen molar-refractivity contribution in [1.29, 1.82) is 0 Å². The summed E-state index contributed by atoms with van der Waals surface area (Å²) in [7, 11) is 0. The summed E-state index contributed by atoms with van der Waals surface area (Å²) in [6.45, 7) is 2.69. The average molecular weight is 232 g/mol. The zero-order chi connectivity index (χ0) is 10.1. The number of rotatable bonds is 2. The van der Waals surface area contributed by atoms with Crippen molar-refractivity contribution in [3.63, 3.8) is 0 Å². The molecule has 1 atom stereocenters. The van der Waals surface area contributed by atoms with E-state index in [-0.39, 0.29) is 5.28 Å². The van der Waals surface area contributed by atoms with Gasteiger partial charge in [-0.1, -0.05) is 0 Å². The van der Waals surface area contributed by atoms with E-state index in [4.69, 9.17) is 11.6 Å². The van der Waals surface area contributed by atoms with Crippen molar-refractivity contribution in [1.82, 2.24) is 9.97 Å². The molecule has 1 N–H and O–H groups in total. The number of hydrogen-bond acceptors (Lipinski definition) is 4. The van der Waals surface area contributed by atoms with E-state index >= 15 is 0 Å². The summed E-state index contributed by atoms with van der Waals surface area (Å²) >= 11 is 4.79. The Kier molecular flexibility index (Phi) is 2.80. The topological polar surface area (TPSA) is 60.9 Å². The Morgan fingerprint density at radius 1 is 1.57 bits per heavy atom. The van der Waals surface area contributed by atoms with Crippen LogP contribution in [0.3, 0.4) is 0 Å². The van der Waals surface area contributed by atoms with Crippen molar-refractivity contribution in [2.75, 3.05) is 17.6 Å². The van der Waals surface area contributed by atoms with Crippen molar-refractivity contribution in [3.05, 3.63) is 11.0 Å². The van der Waals surface area contributed by atoms with Crippen LogP contribution in [0.4, 0.5) is 5.82 Å². The number of halogens is 1. The maximum atomic E-state index is 11.6. The van der Waals surface area contributed by atoms with Gasteiger partial charge in [0, 0.05) is 13.0 Å². The van der Waals surface area contributed by atoms with Crippen molar-refractivity contribution >= 4 is 28.6 Å². The molecule has 0 aliphatic carbocycles. The third kappa shape index (κ3) is 1.67. The molecule has 0 aromatic carbocycles. The first kappa shape index (κ1) is 10.0. The van der Waals surface area contributed by atoms with Crippen LogP contribution in [-0.4, -0.2) is 26.8 Å². The second kappa shape index (κ2) is 3.92. The monoisotopic (exact) mass is 231 g/mol. The van der Waals surface area contributed by atoms with Crippen LogP contribution in [0.1, 0.15) is 12.6 Å². The number of fused-ring (bicyclic) bond motifs is 1. The molecule has 4 nitrogen and oxygen atoms in total. The molecule has 0 fully saturated rings. The molecular formula is C8H10ClN3OS. The Labute approximate surface area is 90.3 Å². The fourth-order valence-corrected chi connectivity index (χ4v) is 2.97. The summed E-state index contributed by atoms with van der Waals surface area (Å²) in [6.07, 6.45) is 0.725. The molecule has 0 amide bonds. The van der Waals surface area contributed by atoms with Gasteiger partial charge in [-0.15, -0.1) is 0 Å². The first-order chi connectivity index (χ1) is 6.72. The summed E-state index contributed by atoms with van der Waals surface area (Å²) < 4.78 is 11.6. The number of aromatic nitrogens is 2. The molecule has 0 saturated heterocycles. The fourth-order valence-electron chi connectivity index (χ4n) is 1.45. The van der Waals surface area contributed by atoms with Crippen LogP contribution in [0, 0.1) is 0 Å². The maximum absolute atomic E-state index is 11.6. The minimum Gasteiger partial charge on any atom is -0.611 e. The summed E-state index contributed by atoms with van der Waals surface area (Å²) in [5, 5.41) is 3.27. The van der Waals surface area contributed by atoms with Crippen molar-refractivity contribution in [2.45, 2.75) is 18.2 Å². The molecule has 1 unspecified atom stereocenters. The quantitative estimate of drug-likeness (QED) is 0.614. The maximum Gasteiger partial charge on any atom is 0.224 e. The van der Waals surface area contributed by atoms with Crippen LogP contribution in [0.15, 0.2) is 4.90 Å². The molecule has 0 saturated carbocycles. The van der Waals surface area contributed by atoms with E-state index < -0.39 is 11.2 Å². The molecule has 0 spiro atoms. The van der Waals surface area contributed by atoms with Gasteiger partial charge in [-0.25, -0.2) is 4.98 Å². The molecule has 1 aliphatic heterocycles. The Morgan fingerprint density at radius 2 is 2.36 bits per heavy atom. The highest BCUT2D eigenvalue weighted by atomic mass is 35.5. The molecule has 14 heavy (non-hydrogen) atoms. The zero-order valence-corrected chi connectivity index (χ0v) is 9.28. The third-order valence-corrected chi connectivity index (χ3v) is 3.63. The molecule has 1 aromatic heterocycles. The Hall–Kier alpha value is -0.520. The average Bonchev–Trinajstić information content (AvgIpc) is 2.48. The van der Waals surface area contributed by atoms with Crippen LogP contribution < -0.4 is 5.32 Å². The summed E-state index contributed by atoms with van der Waals surface area (Å²) in [4.78, 5) is 8.84. The van der Waals surface area contributed by atoms with Crippen molar-refractivity contribution < 1.29 is 4.55 Å². The Balaban J connectivity index is 2.47. The predicted molar refractivity (Wildman–Crippen MR) is 56.2 cm³/mol. The van der Waals surface area contributed by atoms with Gasteiger partial charge in [0.05, 0.1) is 0 Å². The predicted octanol–water partition coefficient (Wildman–Crippen LogP) is 1.23. The number of aryl methyl sites for hydroxylation is 1. The van der Waals surface area contributed by atoms with E-state index in [0.717, 1.165) is 23.6 Å². The largest absolute Gasteiger partial charge is 0.611 e. The number of nitrogens with one attached hydrogen (secondary N) is 1. The molecule has 1 aliphatic rings. The lowest BCUT2D eigenvalue weighted by atomic mass is 10.3. The van der Waals surface area contributed by atoms with Gasteiger partial charge in [0.2, 0.25) is 10.2 Å². The lowest BCUT2D eigenvalue weighted by Gasteiger charge is -2.08. The lowest BCUT2D eigenvalue weighted by molar-refractivity contribution is 0.598. The van der Waals surface area contributed by atoms with E-state index in [1.165, 1.54) is 0 Å². The van der Waals surface area contributed by atoms with Gasteiger partial charge in [0.15, 0.2) is 5.82 Å². The Bertz CT molecular complexity index is 361. The summed E-state index contributed by atoms with van der Waals surface area (Å²) in [5.74, 6) is 1.25. The van der Waals surface area contributed by atoms with Crippen LogP contribution in [0.5, 0.6) is 0 Å². The molecule has 1 aromatic rings. The second-order valence-electron chi connectivity index (χ2n) is 2.95. The van der Waals surface area contributed by atoms with Crippen molar-refractivity contribution in [3.8, 4) is 0 Å². The highest BCUT2D eigenvalue weighted by Gasteiger charge is 2.31. The second-order valence-corrected chi connectivity index (χ2v) is 4.79. The Morgan fingerprint density at radius 3 is 3.07 bits per heavy atom. The highest BCUT2D eigenvalue weighted by Crippen LogP contribution is 2.30. The zero-order valence-electron chi connectivity index (χ0n) is 7.71. The van der Waals surface area contributed by atoms with Crippen LogP contribution in [0.25, 0.3) is 0 Å². The van der Waals surface area contributed by atoms with E-state index in [9.17, 15) is 4.55 Å². The molecule has 6 heteroatoms. The van der Waals surface area contributed by atoms with Gasteiger partial charge in [-0.05, 0) is 29.7 Å². The van der Waals surface area contributed by atoms with Gasteiger partial charge in [0.1, 0.15) is 11.4 Å². The van der Waals surface area contributed by atoms with Gasteiger partial charge in [-0.3, -0.25) is 0 Å². The molecule has 2 heterocycles. The molecule has 0 bridgehead atoms. The van der Waals surface area contributed by atoms with Crippen LogP contribution in [0.2, 0.25) is 5.28 Å². The fraction of sp³-hybridized carbons (Fsp3) is 0.500. The van der Waals surface area contributed by atoms with Gasteiger partial charge >= 0.3 is 0 Å².